The highest BCUT2D eigenvalue weighted by Gasteiger charge is 2.38. The van der Waals surface area contributed by atoms with E-state index in [1.54, 1.807) is 25.3 Å². The average molecular weight is 460 g/mol. The van der Waals surface area contributed by atoms with Crippen molar-refractivity contribution < 1.29 is 32.3 Å². The van der Waals surface area contributed by atoms with Crippen LogP contribution >= 0.6 is 0 Å². The molecule has 0 saturated carbocycles. The summed E-state index contributed by atoms with van der Waals surface area (Å²) in [5.41, 5.74) is 0.748. The molecule has 0 bridgehead atoms. The quantitative estimate of drug-likeness (QED) is 0.259. The molecule has 0 radical (unpaired) electrons. The normalized spacial score (nSPS) is 11.7. The van der Waals surface area contributed by atoms with Crippen LogP contribution in [0.15, 0.2) is 18.2 Å². The topological polar surface area (TPSA) is 116 Å². The lowest BCUT2D eigenvalue weighted by Crippen LogP contribution is -2.38. The van der Waals surface area contributed by atoms with Crippen LogP contribution in [0.2, 0.25) is 0 Å². The number of anilines is 1. The molecular formula is C19H27F3N6O4. The van der Waals surface area contributed by atoms with Crippen LogP contribution in [0.5, 0.6) is 5.75 Å². The first-order chi connectivity index (χ1) is 15.2. The number of carbonyl (C=O) groups is 1. The van der Waals surface area contributed by atoms with E-state index in [0.717, 1.165) is 0 Å². The molecule has 0 aliphatic heterocycles. The van der Waals surface area contributed by atoms with Gasteiger partial charge in [-0.05, 0) is 50.0 Å². The number of alkyl halides is 3. The standard InChI is InChI=1S/C19H27F3N6O4/c1-27(9-3-7-23-17(29)19(20,21)22)10-4-8-24-18-25-15-6-5-14(32-12-11-31-2)13-16(15)28(30)26-18/h5-6,13H,3-4,7-12H2,1-2H3,(H,23,29)(H,24,25,26). The Morgan fingerprint density at radius 2 is 1.94 bits per heavy atom. The molecule has 0 aliphatic rings. The Bertz CT molecular complexity index is 884. The number of aromatic nitrogens is 3. The van der Waals surface area contributed by atoms with Crippen molar-refractivity contribution in [3.8, 4) is 5.75 Å². The van der Waals surface area contributed by atoms with Gasteiger partial charge in [-0.15, -0.1) is 0 Å². The Labute approximate surface area is 183 Å². The maximum atomic E-state index is 12.2. The number of hydrogen-bond donors (Lipinski definition) is 2. The van der Waals surface area contributed by atoms with E-state index in [1.165, 1.54) is 0 Å². The molecule has 1 aromatic heterocycles. The van der Waals surface area contributed by atoms with Crippen molar-refractivity contribution in [1.29, 1.82) is 0 Å². The van der Waals surface area contributed by atoms with Crippen LogP contribution < -0.4 is 20.2 Å². The van der Waals surface area contributed by atoms with E-state index >= 15 is 0 Å². The first-order valence-electron chi connectivity index (χ1n) is 10.0. The van der Waals surface area contributed by atoms with E-state index < -0.39 is 12.1 Å². The molecule has 13 heteroatoms. The van der Waals surface area contributed by atoms with Crippen molar-refractivity contribution in [2.24, 2.45) is 0 Å². The summed E-state index contributed by atoms with van der Waals surface area (Å²) in [5.74, 6) is -1.22. The van der Waals surface area contributed by atoms with E-state index in [0.29, 0.717) is 61.8 Å². The Kier molecular flexibility index (Phi) is 9.65. The van der Waals surface area contributed by atoms with Gasteiger partial charge in [0.05, 0.1) is 17.8 Å². The molecule has 0 aliphatic carbocycles. The highest BCUT2D eigenvalue weighted by Crippen LogP contribution is 2.17. The molecule has 1 aromatic carbocycles. The molecule has 32 heavy (non-hydrogen) atoms. The van der Waals surface area contributed by atoms with Crippen molar-refractivity contribution in [1.82, 2.24) is 20.3 Å². The molecule has 0 spiro atoms. The number of benzene rings is 1. The van der Waals surface area contributed by atoms with Crippen molar-refractivity contribution in [2.45, 2.75) is 19.0 Å². The van der Waals surface area contributed by atoms with Crippen LogP contribution in [0.25, 0.3) is 11.0 Å². The number of fused-ring (bicyclic) bond motifs is 1. The Morgan fingerprint density at radius 1 is 1.22 bits per heavy atom. The van der Waals surface area contributed by atoms with Crippen molar-refractivity contribution in [2.75, 3.05) is 58.9 Å². The number of ether oxygens (including phenoxy) is 2. The van der Waals surface area contributed by atoms with Crippen molar-refractivity contribution in [3.63, 3.8) is 0 Å². The molecule has 1 amide bonds. The Balaban J connectivity index is 1.72. The maximum Gasteiger partial charge on any atom is 0.471 e. The first-order valence-corrected chi connectivity index (χ1v) is 10.0. The molecule has 1 heterocycles. The monoisotopic (exact) mass is 460 g/mol. The number of carbonyl (C=O) groups excluding carboxylic acids is 1. The summed E-state index contributed by atoms with van der Waals surface area (Å²) in [6, 6.07) is 4.94. The highest BCUT2D eigenvalue weighted by atomic mass is 19.4. The number of rotatable bonds is 13. The first kappa shape index (κ1) is 25.3. The van der Waals surface area contributed by atoms with Crippen LogP contribution in [0.4, 0.5) is 19.1 Å². The van der Waals surface area contributed by atoms with Crippen LogP contribution in [0.1, 0.15) is 12.8 Å². The number of amides is 1. The van der Waals surface area contributed by atoms with Gasteiger partial charge in [0.15, 0.2) is 0 Å². The highest BCUT2D eigenvalue weighted by molar-refractivity contribution is 5.81. The zero-order chi connectivity index (χ0) is 23.6. The van der Waals surface area contributed by atoms with Gasteiger partial charge >= 0.3 is 12.1 Å². The van der Waals surface area contributed by atoms with Crippen LogP contribution in [-0.4, -0.2) is 80.6 Å². The third kappa shape index (κ3) is 8.30. The predicted molar refractivity (Wildman–Crippen MR) is 110 cm³/mol. The fraction of sp³-hybridized carbons (Fsp3) is 0.579. The third-order valence-electron chi connectivity index (χ3n) is 4.38. The van der Waals surface area contributed by atoms with E-state index in [2.05, 4.69) is 15.4 Å². The maximum absolute atomic E-state index is 12.2. The molecule has 10 nitrogen and oxygen atoms in total. The summed E-state index contributed by atoms with van der Waals surface area (Å²) in [7, 11) is 3.40. The number of methoxy groups -OCH3 is 1. The van der Waals surface area contributed by atoms with Crippen LogP contribution in [0.3, 0.4) is 0 Å². The summed E-state index contributed by atoms with van der Waals surface area (Å²) >= 11 is 0. The molecule has 178 valence electrons. The van der Waals surface area contributed by atoms with Gasteiger partial charge in [-0.1, -0.05) is 0 Å². The van der Waals surface area contributed by atoms with Gasteiger partial charge < -0.3 is 30.2 Å². The van der Waals surface area contributed by atoms with Gasteiger partial charge in [0.2, 0.25) is 0 Å². The zero-order valence-electron chi connectivity index (χ0n) is 17.9. The molecule has 0 fully saturated rings. The zero-order valence-corrected chi connectivity index (χ0v) is 17.9. The minimum Gasteiger partial charge on any atom is -0.594 e. The van der Waals surface area contributed by atoms with Crippen LogP contribution in [-0.2, 0) is 9.53 Å². The van der Waals surface area contributed by atoms with E-state index in [9.17, 15) is 23.2 Å². The summed E-state index contributed by atoms with van der Waals surface area (Å²) in [5, 5.41) is 20.9. The largest absolute Gasteiger partial charge is 0.594 e. The fourth-order valence-corrected chi connectivity index (χ4v) is 2.75. The van der Waals surface area contributed by atoms with Gasteiger partial charge in [-0.3, -0.25) is 4.79 Å². The number of halogens is 3. The Morgan fingerprint density at radius 3 is 2.62 bits per heavy atom. The predicted octanol–water partition coefficient (Wildman–Crippen LogP) is 1.09. The summed E-state index contributed by atoms with van der Waals surface area (Å²) in [6.45, 7) is 2.43. The average Bonchev–Trinajstić information content (AvgIpc) is 2.74. The summed E-state index contributed by atoms with van der Waals surface area (Å²) < 4.78 is 46.7. The van der Waals surface area contributed by atoms with Gasteiger partial charge in [0, 0.05) is 20.2 Å². The molecule has 2 aromatic rings. The molecule has 0 atom stereocenters. The molecule has 0 saturated heterocycles. The fourth-order valence-electron chi connectivity index (χ4n) is 2.75. The molecule has 0 unspecified atom stereocenters. The minimum absolute atomic E-state index is 0.0471. The number of hydrogen-bond acceptors (Lipinski definition) is 8. The molecule has 2 rings (SSSR count). The second-order valence-electron chi connectivity index (χ2n) is 6.99. The van der Waals surface area contributed by atoms with Gasteiger partial charge in [-0.25, -0.2) is 4.98 Å². The van der Waals surface area contributed by atoms with E-state index in [-0.39, 0.29) is 18.0 Å². The SMILES string of the molecule is COCCOc1ccc2nc(NCCCN(C)CCCNC(=O)C(F)(F)F)n[n+]([O-])c2c1. The number of nitrogens with zero attached hydrogens (tertiary/aromatic N) is 4. The Hall–Kier alpha value is -2.93. The van der Waals surface area contributed by atoms with Gasteiger partial charge in [-0.2, -0.15) is 13.2 Å². The van der Waals surface area contributed by atoms with E-state index in [1.807, 2.05) is 17.3 Å². The third-order valence-corrected chi connectivity index (χ3v) is 4.38. The number of nitrogens with one attached hydrogen (secondary N) is 2. The second-order valence-corrected chi connectivity index (χ2v) is 6.99. The lowest BCUT2D eigenvalue weighted by Gasteiger charge is -2.17. The van der Waals surface area contributed by atoms with Crippen LogP contribution in [0, 0.1) is 5.21 Å². The van der Waals surface area contributed by atoms with E-state index in [4.69, 9.17) is 9.47 Å². The molecule has 2 N–H and O–H groups in total. The van der Waals surface area contributed by atoms with Gasteiger partial charge in [0.1, 0.15) is 17.9 Å². The second kappa shape index (κ2) is 12.2. The minimum atomic E-state index is -4.86. The van der Waals surface area contributed by atoms with Crippen molar-refractivity contribution >= 4 is 22.9 Å². The van der Waals surface area contributed by atoms with Crippen molar-refractivity contribution in [3.05, 3.63) is 23.4 Å². The molecular weight excluding hydrogens is 433 g/mol. The summed E-state index contributed by atoms with van der Waals surface area (Å²) in [6.07, 6.45) is -3.77. The summed E-state index contributed by atoms with van der Waals surface area (Å²) in [4.78, 5) is 17.5. The van der Waals surface area contributed by atoms with Gasteiger partial charge in [0.25, 0.3) is 11.5 Å². The lowest BCUT2D eigenvalue weighted by molar-refractivity contribution is -0.641. The lowest BCUT2D eigenvalue weighted by atomic mass is 10.3. The smallest absolute Gasteiger partial charge is 0.471 e.